The molecule has 3 rings (SSSR count). The quantitative estimate of drug-likeness (QED) is 0.0487. The van der Waals surface area contributed by atoms with E-state index in [4.69, 9.17) is 21.9 Å². The second-order valence-electron chi connectivity index (χ2n) is 8.84. The van der Waals surface area contributed by atoms with Gasteiger partial charge in [0.1, 0.15) is 36.4 Å². The Balaban J connectivity index is 1.41. The zero-order valence-corrected chi connectivity index (χ0v) is 21.3. The molecule has 17 nitrogen and oxygen atoms in total. The van der Waals surface area contributed by atoms with Gasteiger partial charge in [-0.25, -0.2) is 15.0 Å². The van der Waals surface area contributed by atoms with Gasteiger partial charge in [-0.1, -0.05) is 0 Å². The van der Waals surface area contributed by atoms with Crippen molar-refractivity contribution in [1.29, 1.82) is 0 Å². The van der Waals surface area contributed by atoms with E-state index in [9.17, 15) is 24.6 Å². The van der Waals surface area contributed by atoms with Crippen LogP contribution in [0.25, 0.3) is 11.2 Å². The molecule has 2 amide bonds. The summed E-state index contributed by atoms with van der Waals surface area (Å²) in [6, 6.07) is -0.840. The van der Waals surface area contributed by atoms with E-state index in [1.807, 2.05) is 0 Å². The van der Waals surface area contributed by atoms with Crippen LogP contribution in [0, 0.1) is 0 Å². The molecule has 2 aromatic rings. The average Bonchev–Trinajstić information content (AvgIpc) is 3.48. The number of ether oxygens (including phenoxy) is 1. The Hall–Kier alpha value is -3.93. The van der Waals surface area contributed by atoms with Crippen LogP contribution in [-0.4, -0.2) is 104 Å². The lowest BCUT2D eigenvalue weighted by molar-refractivity contribution is -0.129. The molecule has 5 atom stereocenters. The van der Waals surface area contributed by atoms with Gasteiger partial charge in [0.15, 0.2) is 23.7 Å². The number of nitrogens with zero attached hydrogens (tertiary/aromatic N) is 5. The van der Waals surface area contributed by atoms with Crippen LogP contribution in [0.15, 0.2) is 17.6 Å². The number of carbonyl (C=O) groups is 3. The van der Waals surface area contributed by atoms with Crippen LogP contribution in [0.3, 0.4) is 0 Å². The number of nitrogens with one attached hydrogen (secondary N) is 3. The molecule has 1 fully saturated rings. The van der Waals surface area contributed by atoms with Crippen LogP contribution in [0.5, 0.6) is 0 Å². The van der Waals surface area contributed by atoms with Crippen LogP contribution in [0.2, 0.25) is 0 Å². The van der Waals surface area contributed by atoms with Crippen molar-refractivity contribution in [3.63, 3.8) is 0 Å². The van der Waals surface area contributed by atoms with Crippen LogP contribution in [-0.2, 0) is 19.1 Å². The maximum absolute atomic E-state index is 12.1. The number of aliphatic hydroxyl groups is 2. The third-order valence-electron chi connectivity index (χ3n) is 6.10. The monoisotopic (exact) mass is 549 g/mol. The van der Waals surface area contributed by atoms with Crippen molar-refractivity contribution in [2.24, 2.45) is 16.5 Å². The van der Waals surface area contributed by atoms with Crippen LogP contribution in [0.1, 0.15) is 31.9 Å². The van der Waals surface area contributed by atoms with Crippen LogP contribution in [0.4, 0.5) is 5.82 Å². The molecule has 2 aromatic heterocycles. The fraction of sp³-hybridized carbons (Fsp3) is 0.591. The van der Waals surface area contributed by atoms with E-state index in [2.05, 4.69) is 35.9 Å². The van der Waals surface area contributed by atoms with Gasteiger partial charge in [-0.2, -0.15) is 0 Å². The minimum absolute atomic E-state index is 0.157. The Labute approximate surface area is 223 Å². The Bertz CT molecular complexity index is 1160. The van der Waals surface area contributed by atoms with Gasteiger partial charge in [-0.15, -0.1) is 0 Å². The van der Waals surface area contributed by atoms with Crippen molar-refractivity contribution < 1.29 is 29.3 Å². The van der Waals surface area contributed by atoms with Gasteiger partial charge in [0.05, 0.1) is 25.5 Å². The molecular weight excluding hydrogens is 514 g/mol. The number of aliphatic hydroxyl groups excluding tert-OH is 2. The number of fused-ring (bicyclic) bond motifs is 1. The van der Waals surface area contributed by atoms with Crippen molar-refractivity contribution in [3.05, 3.63) is 12.7 Å². The number of guanidine groups is 1. The molecule has 214 valence electrons. The highest BCUT2D eigenvalue weighted by Crippen LogP contribution is 2.33. The molecule has 3 heterocycles. The summed E-state index contributed by atoms with van der Waals surface area (Å²) in [5.41, 5.74) is 17.8. The summed E-state index contributed by atoms with van der Waals surface area (Å²) < 4.78 is 7.43. The molecule has 0 unspecified atom stereocenters. The smallest absolute Gasteiger partial charge is 0.242 e. The molecule has 0 spiro atoms. The number of anilines is 1. The fourth-order valence-electron chi connectivity index (χ4n) is 4.11. The molecule has 1 aliphatic heterocycles. The van der Waals surface area contributed by atoms with E-state index in [1.165, 1.54) is 17.2 Å². The number of imidazole rings is 1. The maximum atomic E-state index is 12.1. The van der Waals surface area contributed by atoms with Gasteiger partial charge in [-0.05, 0) is 25.7 Å². The Morgan fingerprint density at radius 3 is 2.74 bits per heavy atom. The highest BCUT2D eigenvalue weighted by atomic mass is 16.6. The first kappa shape index (κ1) is 29.6. The zero-order chi connectivity index (χ0) is 28.4. The van der Waals surface area contributed by atoms with Crippen LogP contribution < -0.4 is 33.2 Å². The second kappa shape index (κ2) is 14.3. The zero-order valence-electron chi connectivity index (χ0n) is 21.3. The van der Waals surface area contributed by atoms with Gasteiger partial charge in [0.25, 0.3) is 0 Å². The molecule has 0 saturated carbocycles. The van der Waals surface area contributed by atoms with E-state index in [0.717, 1.165) is 0 Å². The van der Waals surface area contributed by atoms with Crippen molar-refractivity contribution >= 4 is 41.0 Å². The first-order valence-corrected chi connectivity index (χ1v) is 12.5. The standard InChI is InChI=1S/C22H35N11O6/c23-9-14(35)32-12(20(38)26-7-8-34)3-1-5-27-22(25)28-6-2-4-13-16(36)17(37)21(39-13)33-11-31-15-18(24)29-10-30-19(15)33/h8,10-13,16-17,21,36-37H,1-7,9,23H2,(H,26,38)(H,32,35)(H2,24,29,30)(H3,25,27,28)/t12-,13+,16+,17+,21+/m0/s1. The predicted molar refractivity (Wildman–Crippen MR) is 139 cm³/mol. The van der Waals surface area contributed by atoms with Gasteiger partial charge in [0, 0.05) is 13.1 Å². The first-order chi connectivity index (χ1) is 18.8. The highest BCUT2D eigenvalue weighted by Gasteiger charge is 2.43. The minimum atomic E-state index is -1.19. The normalized spacial score (nSPS) is 22.0. The molecule has 39 heavy (non-hydrogen) atoms. The van der Waals surface area contributed by atoms with Crippen molar-refractivity contribution in [2.45, 2.75) is 56.3 Å². The summed E-state index contributed by atoms with van der Waals surface area (Å²) in [6.45, 7) is 0.305. The van der Waals surface area contributed by atoms with Crippen LogP contribution >= 0.6 is 0 Å². The third kappa shape index (κ3) is 7.79. The lowest BCUT2D eigenvalue weighted by Gasteiger charge is -2.17. The van der Waals surface area contributed by atoms with Gasteiger partial charge >= 0.3 is 0 Å². The van der Waals surface area contributed by atoms with Crippen molar-refractivity contribution in [3.8, 4) is 0 Å². The Kier molecular flexibility index (Phi) is 10.9. The molecule has 0 bridgehead atoms. The van der Waals surface area contributed by atoms with Crippen molar-refractivity contribution in [1.82, 2.24) is 35.5 Å². The number of aliphatic imine (C=N–C) groups is 1. The lowest BCUT2D eigenvalue weighted by Crippen LogP contribution is -2.48. The second-order valence-corrected chi connectivity index (χ2v) is 8.84. The Morgan fingerprint density at radius 1 is 1.21 bits per heavy atom. The van der Waals surface area contributed by atoms with Gasteiger partial charge in [0.2, 0.25) is 11.8 Å². The van der Waals surface area contributed by atoms with E-state index in [1.54, 1.807) is 0 Å². The number of nitrogens with two attached hydrogens (primary N) is 3. The molecule has 1 saturated heterocycles. The Morgan fingerprint density at radius 2 is 2.00 bits per heavy atom. The summed E-state index contributed by atoms with van der Waals surface area (Å²) in [6.07, 6.45) is 1.14. The number of nitrogen functional groups attached to an aromatic ring is 1. The molecule has 0 aliphatic carbocycles. The number of rotatable bonds is 14. The SMILES string of the molecule is NCC(=O)N[C@@H](CCCN=C(N)NCCC[C@H]1O[C@@H](n2cnc3c(N)ncnc32)[C@H](O)[C@@H]1O)C(=O)NCC=O. The third-order valence-corrected chi connectivity index (χ3v) is 6.10. The topological polar surface area (TPSA) is 271 Å². The fourth-order valence-corrected chi connectivity index (χ4v) is 4.11. The minimum Gasteiger partial charge on any atom is -0.388 e. The van der Waals surface area contributed by atoms with Crippen molar-refractivity contribution in [2.75, 3.05) is 31.9 Å². The summed E-state index contributed by atoms with van der Waals surface area (Å²) in [5.74, 6) is -0.581. The van der Waals surface area contributed by atoms with E-state index in [0.29, 0.717) is 49.8 Å². The molecule has 17 heteroatoms. The number of aldehydes is 1. The summed E-state index contributed by atoms with van der Waals surface area (Å²) in [7, 11) is 0. The molecule has 11 N–H and O–H groups in total. The summed E-state index contributed by atoms with van der Waals surface area (Å²) >= 11 is 0. The predicted octanol–water partition coefficient (Wildman–Crippen LogP) is -3.75. The van der Waals surface area contributed by atoms with E-state index in [-0.39, 0.29) is 31.3 Å². The van der Waals surface area contributed by atoms with Gasteiger partial charge in [-0.3, -0.25) is 19.1 Å². The number of carbonyl (C=O) groups excluding carboxylic acids is 3. The number of hydrogen-bond donors (Lipinski definition) is 8. The number of hydrogen-bond acceptors (Lipinski definition) is 12. The lowest BCUT2D eigenvalue weighted by atomic mass is 10.1. The molecular formula is C22H35N11O6. The molecule has 1 aliphatic rings. The summed E-state index contributed by atoms with van der Waals surface area (Å²) in [4.78, 5) is 50.6. The molecule has 0 radical (unpaired) electrons. The average molecular weight is 550 g/mol. The van der Waals surface area contributed by atoms with E-state index < -0.39 is 42.4 Å². The van der Waals surface area contributed by atoms with Gasteiger partial charge < -0.3 is 52.9 Å². The maximum Gasteiger partial charge on any atom is 0.242 e. The first-order valence-electron chi connectivity index (χ1n) is 12.5. The summed E-state index contributed by atoms with van der Waals surface area (Å²) in [5, 5.41) is 28.9. The highest BCUT2D eigenvalue weighted by molar-refractivity contribution is 5.89. The number of aromatic nitrogens is 4. The largest absolute Gasteiger partial charge is 0.388 e. The number of amides is 2. The molecule has 0 aromatic carbocycles. The van der Waals surface area contributed by atoms with E-state index >= 15 is 0 Å².